The Bertz CT molecular complexity index is 890. The summed E-state index contributed by atoms with van der Waals surface area (Å²) in [7, 11) is 1.64. The molecule has 0 aliphatic rings. The lowest BCUT2D eigenvalue weighted by atomic mass is 10.2. The molecule has 3 nitrogen and oxygen atoms in total. The molecule has 0 N–H and O–H groups in total. The number of rotatable bonds is 6. The minimum absolute atomic E-state index is 0.479. The maximum absolute atomic E-state index is 5.96. The summed E-state index contributed by atoms with van der Waals surface area (Å²) in [5.74, 6) is 1.35. The van der Waals surface area contributed by atoms with Crippen molar-refractivity contribution in [3.8, 4) is 11.5 Å². The molecule has 26 heavy (non-hydrogen) atoms. The molecule has 3 rings (SSSR count). The zero-order valence-corrected chi connectivity index (χ0v) is 16.4. The third-order valence-corrected chi connectivity index (χ3v) is 4.46. The maximum atomic E-state index is 5.96. The highest BCUT2D eigenvalue weighted by Crippen LogP contribution is 2.37. The molecule has 0 atom stereocenters. The Labute approximate surface area is 162 Å². The predicted molar refractivity (Wildman–Crippen MR) is 110 cm³/mol. The molecule has 3 aromatic carbocycles. The highest BCUT2D eigenvalue weighted by molar-refractivity contribution is 9.10. The fourth-order valence-electron chi connectivity index (χ4n) is 2.46. The van der Waals surface area contributed by atoms with Crippen LogP contribution in [0.25, 0.3) is 0 Å². The number of ether oxygens (including phenoxy) is 2. The van der Waals surface area contributed by atoms with Gasteiger partial charge >= 0.3 is 0 Å². The number of aliphatic imine (C=N–C) groups is 1. The van der Waals surface area contributed by atoms with Crippen molar-refractivity contribution in [2.24, 2.45) is 4.99 Å². The van der Waals surface area contributed by atoms with Crippen LogP contribution in [0.15, 0.2) is 76.2 Å². The Morgan fingerprint density at radius 3 is 2.42 bits per heavy atom. The first kappa shape index (κ1) is 18.2. The van der Waals surface area contributed by atoms with Crippen molar-refractivity contribution in [2.75, 3.05) is 7.11 Å². The normalized spacial score (nSPS) is 10.9. The van der Waals surface area contributed by atoms with E-state index in [4.69, 9.17) is 9.47 Å². The largest absolute Gasteiger partial charge is 0.493 e. The summed E-state index contributed by atoms with van der Waals surface area (Å²) in [5, 5.41) is 0. The van der Waals surface area contributed by atoms with Crippen LogP contribution in [-0.2, 0) is 6.61 Å². The average molecular weight is 410 g/mol. The molecule has 0 aliphatic heterocycles. The first-order chi connectivity index (χ1) is 12.7. The van der Waals surface area contributed by atoms with Crippen molar-refractivity contribution in [1.29, 1.82) is 0 Å². The molecule has 0 saturated carbocycles. The minimum Gasteiger partial charge on any atom is -0.493 e. The predicted octanol–water partition coefficient (Wildman–Crippen LogP) is 6.10. The summed E-state index contributed by atoms with van der Waals surface area (Å²) in [6.45, 7) is 2.54. The van der Waals surface area contributed by atoms with Gasteiger partial charge in [0.25, 0.3) is 0 Å². The quantitative estimate of drug-likeness (QED) is 0.460. The van der Waals surface area contributed by atoms with E-state index in [1.54, 1.807) is 7.11 Å². The third-order valence-electron chi connectivity index (χ3n) is 3.87. The highest BCUT2D eigenvalue weighted by Gasteiger charge is 2.11. The zero-order valence-electron chi connectivity index (χ0n) is 14.8. The molecular formula is C22H20BrNO2. The van der Waals surface area contributed by atoms with E-state index in [1.807, 2.05) is 72.9 Å². The summed E-state index contributed by atoms with van der Waals surface area (Å²) in [4.78, 5) is 4.52. The van der Waals surface area contributed by atoms with Gasteiger partial charge < -0.3 is 9.47 Å². The van der Waals surface area contributed by atoms with Gasteiger partial charge in [0, 0.05) is 6.21 Å². The van der Waals surface area contributed by atoms with Gasteiger partial charge in [0.15, 0.2) is 11.5 Å². The summed E-state index contributed by atoms with van der Waals surface area (Å²) in [6, 6.07) is 22.0. The molecule has 4 heteroatoms. The highest BCUT2D eigenvalue weighted by atomic mass is 79.9. The van der Waals surface area contributed by atoms with Crippen LogP contribution in [0.2, 0.25) is 0 Å². The molecule has 0 amide bonds. The Hall–Kier alpha value is -2.59. The van der Waals surface area contributed by atoms with E-state index in [0.29, 0.717) is 18.1 Å². The van der Waals surface area contributed by atoms with E-state index in [1.165, 1.54) is 5.56 Å². The molecule has 0 spiro atoms. The van der Waals surface area contributed by atoms with Crippen molar-refractivity contribution in [2.45, 2.75) is 13.5 Å². The minimum atomic E-state index is 0.479. The number of nitrogens with zero attached hydrogens (tertiary/aromatic N) is 1. The van der Waals surface area contributed by atoms with Crippen LogP contribution in [0.5, 0.6) is 11.5 Å². The number of hydrogen-bond acceptors (Lipinski definition) is 3. The molecule has 0 aliphatic carbocycles. The number of benzene rings is 3. The molecule has 3 aromatic rings. The van der Waals surface area contributed by atoms with E-state index < -0.39 is 0 Å². The second-order valence-corrected chi connectivity index (χ2v) is 6.76. The first-order valence-corrected chi connectivity index (χ1v) is 9.10. The molecule has 0 saturated heterocycles. The summed E-state index contributed by atoms with van der Waals surface area (Å²) in [5.41, 5.74) is 4.16. The van der Waals surface area contributed by atoms with Crippen LogP contribution >= 0.6 is 15.9 Å². The number of methoxy groups -OCH3 is 1. The molecule has 0 radical (unpaired) electrons. The van der Waals surface area contributed by atoms with Crippen molar-refractivity contribution in [1.82, 2.24) is 0 Å². The lowest BCUT2D eigenvalue weighted by molar-refractivity contribution is 0.282. The summed E-state index contributed by atoms with van der Waals surface area (Å²) >= 11 is 3.58. The average Bonchev–Trinajstić information content (AvgIpc) is 2.67. The van der Waals surface area contributed by atoms with E-state index in [9.17, 15) is 0 Å². The Kier molecular flexibility index (Phi) is 6.08. The van der Waals surface area contributed by atoms with Gasteiger partial charge in [-0.15, -0.1) is 0 Å². The van der Waals surface area contributed by atoms with Gasteiger partial charge in [-0.1, -0.05) is 48.0 Å². The second kappa shape index (κ2) is 8.68. The molecule has 0 bridgehead atoms. The monoisotopic (exact) mass is 409 g/mol. The van der Waals surface area contributed by atoms with Crippen molar-refractivity contribution >= 4 is 27.8 Å². The zero-order chi connectivity index (χ0) is 18.4. The lowest BCUT2D eigenvalue weighted by Gasteiger charge is -2.13. The Balaban J connectivity index is 1.79. The SMILES string of the molecule is COc1cc(C=Nc2ccc(C)cc2)cc(Br)c1OCc1ccccc1. The van der Waals surface area contributed by atoms with E-state index >= 15 is 0 Å². The van der Waals surface area contributed by atoms with E-state index in [2.05, 4.69) is 27.8 Å². The standard InChI is InChI=1S/C22H20BrNO2/c1-16-8-10-19(11-9-16)24-14-18-12-20(23)22(21(13-18)25-2)26-15-17-6-4-3-5-7-17/h3-14H,15H2,1-2H3. The van der Waals surface area contributed by atoms with Crippen LogP contribution in [-0.4, -0.2) is 13.3 Å². The van der Waals surface area contributed by atoms with Crippen LogP contribution in [0, 0.1) is 6.92 Å². The summed E-state index contributed by atoms with van der Waals surface area (Å²) in [6.07, 6.45) is 1.82. The van der Waals surface area contributed by atoms with Gasteiger partial charge in [-0.05, 0) is 58.2 Å². The Morgan fingerprint density at radius 1 is 1.00 bits per heavy atom. The van der Waals surface area contributed by atoms with Crippen molar-refractivity contribution in [3.63, 3.8) is 0 Å². The topological polar surface area (TPSA) is 30.8 Å². The molecule has 0 fully saturated rings. The lowest BCUT2D eigenvalue weighted by Crippen LogP contribution is -1.99. The van der Waals surface area contributed by atoms with Gasteiger partial charge in [-0.2, -0.15) is 0 Å². The molecule has 132 valence electrons. The Morgan fingerprint density at radius 2 is 1.73 bits per heavy atom. The van der Waals surface area contributed by atoms with Gasteiger partial charge in [-0.3, -0.25) is 4.99 Å². The smallest absolute Gasteiger partial charge is 0.175 e. The van der Waals surface area contributed by atoms with Gasteiger partial charge in [0.1, 0.15) is 6.61 Å². The molecule has 0 aromatic heterocycles. The van der Waals surface area contributed by atoms with E-state index in [-0.39, 0.29) is 0 Å². The molecule has 0 unspecified atom stereocenters. The number of hydrogen-bond donors (Lipinski definition) is 0. The van der Waals surface area contributed by atoms with Crippen LogP contribution < -0.4 is 9.47 Å². The van der Waals surface area contributed by atoms with Gasteiger partial charge in [0.2, 0.25) is 0 Å². The van der Waals surface area contributed by atoms with E-state index in [0.717, 1.165) is 21.3 Å². The van der Waals surface area contributed by atoms with Crippen molar-refractivity contribution < 1.29 is 9.47 Å². The van der Waals surface area contributed by atoms with Crippen LogP contribution in [0.1, 0.15) is 16.7 Å². The number of aryl methyl sites for hydroxylation is 1. The fraction of sp³-hybridized carbons (Fsp3) is 0.136. The maximum Gasteiger partial charge on any atom is 0.175 e. The molecule has 0 heterocycles. The second-order valence-electron chi connectivity index (χ2n) is 5.90. The first-order valence-electron chi connectivity index (χ1n) is 8.30. The summed E-state index contributed by atoms with van der Waals surface area (Å²) < 4.78 is 12.3. The molecular weight excluding hydrogens is 390 g/mol. The van der Waals surface area contributed by atoms with Crippen molar-refractivity contribution in [3.05, 3.63) is 87.9 Å². The van der Waals surface area contributed by atoms with Crippen LogP contribution in [0.3, 0.4) is 0 Å². The van der Waals surface area contributed by atoms with Crippen LogP contribution in [0.4, 0.5) is 5.69 Å². The third kappa shape index (κ3) is 4.73. The number of halogens is 1. The van der Waals surface area contributed by atoms with Gasteiger partial charge in [0.05, 0.1) is 17.3 Å². The van der Waals surface area contributed by atoms with Gasteiger partial charge in [-0.25, -0.2) is 0 Å². The fourth-order valence-corrected chi connectivity index (χ4v) is 3.04.